The summed E-state index contributed by atoms with van der Waals surface area (Å²) in [5, 5.41) is 4.07. The number of ether oxygens (including phenoxy) is 1. The molecule has 0 aliphatic rings. The van der Waals surface area contributed by atoms with Crippen LogP contribution in [-0.4, -0.2) is 31.5 Å². The Morgan fingerprint density at radius 1 is 1.17 bits per heavy atom. The summed E-state index contributed by atoms with van der Waals surface area (Å²) in [6.07, 6.45) is 0. The van der Waals surface area contributed by atoms with Gasteiger partial charge in [0, 0.05) is 16.1 Å². The minimum Gasteiger partial charge on any atom is -0.495 e. The molecule has 0 aromatic heterocycles. The van der Waals surface area contributed by atoms with Crippen molar-refractivity contribution in [3.8, 4) is 5.75 Å². The number of carbonyl (C=O) groups is 1. The first-order chi connectivity index (χ1) is 11.4. The molecule has 0 spiro atoms. The van der Waals surface area contributed by atoms with Crippen molar-refractivity contribution in [2.75, 3.05) is 26.0 Å². The van der Waals surface area contributed by atoms with Gasteiger partial charge in [-0.3, -0.25) is 9.69 Å². The van der Waals surface area contributed by atoms with Gasteiger partial charge in [-0.2, -0.15) is 0 Å². The zero-order valence-electron chi connectivity index (χ0n) is 13.8. The molecule has 0 fully saturated rings. The molecule has 1 amide bonds. The molecule has 128 valence electrons. The van der Waals surface area contributed by atoms with Crippen molar-refractivity contribution < 1.29 is 9.53 Å². The summed E-state index contributed by atoms with van der Waals surface area (Å²) < 4.78 is 5.23. The minimum absolute atomic E-state index is 0.0780. The van der Waals surface area contributed by atoms with Crippen LogP contribution in [0.15, 0.2) is 42.5 Å². The number of amides is 1. The second-order valence-electron chi connectivity index (χ2n) is 5.54. The molecule has 2 aromatic rings. The van der Waals surface area contributed by atoms with Gasteiger partial charge in [-0.15, -0.1) is 0 Å². The van der Waals surface area contributed by atoms with Crippen molar-refractivity contribution in [1.82, 2.24) is 4.90 Å². The molecule has 1 atom stereocenters. The average molecular weight is 367 g/mol. The highest BCUT2D eigenvalue weighted by atomic mass is 35.5. The van der Waals surface area contributed by atoms with Crippen molar-refractivity contribution in [2.24, 2.45) is 0 Å². The van der Waals surface area contributed by atoms with Crippen molar-refractivity contribution in [3.63, 3.8) is 0 Å². The number of benzene rings is 2. The van der Waals surface area contributed by atoms with Crippen LogP contribution in [-0.2, 0) is 4.79 Å². The number of methoxy groups -OCH3 is 1. The number of hydrogen-bond donors (Lipinski definition) is 1. The van der Waals surface area contributed by atoms with E-state index in [1.165, 1.54) is 0 Å². The number of nitrogens with zero attached hydrogens (tertiary/aromatic N) is 1. The SMILES string of the molecule is COc1ccc(Cl)cc1NC(=O)CN(C)[C@H](C)c1ccc(Cl)cc1. The predicted molar refractivity (Wildman–Crippen MR) is 99.1 cm³/mol. The van der Waals surface area contributed by atoms with E-state index in [9.17, 15) is 4.79 Å². The predicted octanol–water partition coefficient (Wildman–Crippen LogP) is 4.63. The molecule has 0 unspecified atom stereocenters. The van der Waals surface area contributed by atoms with E-state index in [1.54, 1.807) is 25.3 Å². The zero-order valence-corrected chi connectivity index (χ0v) is 15.4. The van der Waals surface area contributed by atoms with Crippen LogP contribution in [0.5, 0.6) is 5.75 Å². The number of anilines is 1. The van der Waals surface area contributed by atoms with Crippen LogP contribution < -0.4 is 10.1 Å². The molecule has 1 N–H and O–H groups in total. The summed E-state index contributed by atoms with van der Waals surface area (Å²) in [5.41, 5.74) is 1.65. The van der Waals surface area contributed by atoms with Crippen molar-refractivity contribution >= 4 is 34.8 Å². The minimum atomic E-state index is -0.140. The molecule has 0 heterocycles. The van der Waals surface area contributed by atoms with Gasteiger partial charge in [0.15, 0.2) is 0 Å². The first-order valence-electron chi connectivity index (χ1n) is 7.50. The smallest absolute Gasteiger partial charge is 0.238 e. The number of hydrogen-bond acceptors (Lipinski definition) is 3. The highest BCUT2D eigenvalue weighted by Crippen LogP contribution is 2.28. The van der Waals surface area contributed by atoms with Crippen LogP contribution in [0.2, 0.25) is 10.0 Å². The molecule has 24 heavy (non-hydrogen) atoms. The van der Waals surface area contributed by atoms with E-state index in [2.05, 4.69) is 5.32 Å². The van der Waals surface area contributed by atoms with Gasteiger partial charge in [-0.05, 0) is 49.9 Å². The number of halogens is 2. The molecule has 0 bridgehead atoms. The molecule has 2 aromatic carbocycles. The molecule has 0 radical (unpaired) electrons. The molecule has 4 nitrogen and oxygen atoms in total. The van der Waals surface area contributed by atoms with Crippen molar-refractivity contribution in [2.45, 2.75) is 13.0 Å². The van der Waals surface area contributed by atoms with Gasteiger partial charge >= 0.3 is 0 Å². The van der Waals surface area contributed by atoms with Gasteiger partial charge in [0.2, 0.25) is 5.91 Å². The summed E-state index contributed by atoms with van der Waals surface area (Å²) in [5.74, 6) is 0.431. The van der Waals surface area contributed by atoms with Crippen molar-refractivity contribution in [3.05, 3.63) is 58.1 Å². The lowest BCUT2D eigenvalue weighted by Crippen LogP contribution is -2.32. The summed E-state index contributed by atoms with van der Waals surface area (Å²) in [4.78, 5) is 14.3. The Kier molecular flexibility index (Phi) is 6.49. The van der Waals surface area contributed by atoms with Gasteiger partial charge in [0.25, 0.3) is 0 Å². The van der Waals surface area contributed by atoms with Crippen LogP contribution in [0.1, 0.15) is 18.5 Å². The average Bonchev–Trinajstić information content (AvgIpc) is 2.55. The molecule has 0 saturated heterocycles. The second-order valence-corrected chi connectivity index (χ2v) is 6.41. The normalized spacial score (nSPS) is 12.1. The second kappa shape index (κ2) is 8.38. The highest BCUT2D eigenvalue weighted by Gasteiger charge is 2.16. The van der Waals surface area contributed by atoms with E-state index >= 15 is 0 Å². The molecule has 6 heteroatoms. The Morgan fingerprint density at radius 2 is 1.79 bits per heavy atom. The van der Waals surface area contributed by atoms with Crippen LogP contribution in [0.4, 0.5) is 5.69 Å². The van der Waals surface area contributed by atoms with Crippen LogP contribution in [0.3, 0.4) is 0 Å². The topological polar surface area (TPSA) is 41.6 Å². The fourth-order valence-electron chi connectivity index (χ4n) is 2.33. The lowest BCUT2D eigenvalue weighted by Gasteiger charge is -2.24. The fourth-order valence-corrected chi connectivity index (χ4v) is 2.62. The molecule has 0 saturated carbocycles. The van der Waals surface area contributed by atoms with Crippen LogP contribution in [0, 0.1) is 0 Å². The maximum absolute atomic E-state index is 12.3. The molecular weight excluding hydrogens is 347 g/mol. The third kappa shape index (κ3) is 4.87. The Bertz CT molecular complexity index is 705. The quantitative estimate of drug-likeness (QED) is 0.809. The fraction of sp³-hybridized carbons (Fsp3) is 0.278. The third-order valence-electron chi connectivity index (χ3n) is 3.84. The molecule has 0 aliphatic heterocycles. The first kappa shape index (κ1) is 18.6. The Labute approximate surface area is 152 Å². The summed E-state index contributed by atoms with van der Waals surface area (Å²) in [6, 6.07) is 12.8. The lowest BCUT2D eigenvalue weighted by atomic mass is 10.1. The van der Waals surface area contributed by atoms with E-state index in [1.807, 2.05) is 43.1 Å². The summed E-state index contributed by atoms with van der Waals surface area (Å²) in [6.45, 7) is 2.27. The van der Waals surface area contributed by atoms with E-state index in [4.69, 9.17) is 27.9 Å². The maximum atomic E-state index is 12.3. The summed E-state index contributed by atoms with van der Waals surface area (Å²) >= 11 is 11.9. The number of likely N-dealkylation sites (N-methyl/N-ethyl adjacent to an activating group) is 1. The van der Waals surface area contributed by atoms with Gasteiger partial charge < -0.3 is 10.1 Å². The molecule has 0 aliphatic carbocycles. The van der Waals surface area contributed by atoms with Gasteiger partial charge in [-0.25, -0.2) is 0 Å². The maximum Gasteiger partial charge on any atom is 0.238 e. The molecule has 2 rings (SSSR count). The standard InChI is InChI=1S/C18H20Cl2N2O2/c1-12(13-4-6-14(19)7-5-13)22(2)11-18(23)21-16-10-15(20)8-9-17(16)24-3/h4-10,12H,11H2,1-3H3,(H,21,23)/t12-/m1/s1. The van der Waals surface area contributed by atoms with Crippen LogP contribution >= 0.6 is 23.2 Å². The summed E-state index contributed by atoms with van der Waals surface area (Å²) in [7, 11) is 3.45. The zero-order chi connectivity index (χ0) is 17.7. The number of nitrogens with one attached hydrogen (secondary N) is 1. The Balaban J connectivity index is 2.01. The third-order valence-corrected chi connectivity index (χ3v) is 4.33. The van der Waals surface area contributed by atoms with E-state index in [-0.39, 0.29) is 18.5 Å². The van der Waals surface area contributed by atoms with Gasteiger partial charge in [0.1, 0.15) is 5.75 Å². The Morgan fingerprint density at radius 3 is 2.42 bits per heavy atom. The molecular formula is C18H20Cl2N2O2. The largest absolute Gasteiger partial charge is 0.495 e. The van der Waals surface area contributed by atoms with E-state index in [0.29, 0.717) is 21.5 Å². The van der Waals surface area contributed by atoms with Gasteiger partial charge in [0.05, 0.1) is 19.3 Å². The number of rotatable bonds is 6. The monoisotopic (exact) mass is 366 g/mol. The number of carbonyl (C=O) groups excluding carboxylic acids is 1. The highest BCUT2D eigenvalue weighted by molar-refractivity contribution is 6.31. The lowest BCUT2D eigenvalue weighted by molar-refractivity contribution is -0.117. The Hall–Kier alpha value is -1.75. The van der Waals surface area contributed by atoms with Gasteiger partial charge in [-0.1, -0.05) is 35.3 Å². The first-order valence-corrected chi connectivity index (χ1v) is 8.25. The van der Waals surface area contributed by atoms with Crippen molar-refractivity contribution in [1.29, 1.82) is 0 Å². The van der Waals surface area contributed by atoms with Crippen LogP contribution in [0.25, 0.3) is 0 Å². The van der Waals surface area contributed by atoms with E-state index in [0.717, 1.165) is 5.56 Å². The van der Waals surface area contributed by atoms with E-state index < -0.39 is 0 Å².